The van der Waals surface area contributed by atoms with Crippen LogP contribution in [0.4, 0.5) is 0 Å². The lowest BCUT2D eigenvalue weighted by molar-refractivity contribution is -0.126. The summed E-state index contributed by atoms with van der Waals surface area (Å²) < 4.78 is 73.8. The Morgan fingerprint density at radius 1 is 0.734 bits per heavy atom. The fourth-order valence-corrected chi connectivity index (χ4v) is 6.82. The molecular weight excluding hydrogens is 840 g/mol. The van der Waals surface area contributed by atoms with Crippen molar-refractivity contribution in [3.05, 3.63) is 53.1 Å². The zero-order valence-electron chi connectivity index (χ0n) is 37.2. The van der Waals surface area contributed by atoms with Gasteiger partial charge in [-0.2, -0.15) is 0 Å². The van der Waals surface area contributed by atoms with Gasteiger partial charge in [-0.25, -0.2) is 5.84 Å². The number of hydrogen-bond acceptors (Lipinski definition) is 18. The smallest absolute Gasteiger partial charge is 0.260 e. The third-order valence-electron chi connectivity index (χ3n) is 10.1. The second-order valence-corrected chi connectivity index (χ2v) is 14.6. The van der Waals surface area contributed by atoms with Crippen molar-refractivity contribution in [2.24, 2.45) is 11.0 Å². The molecular formula is C44H64N4O16. The molecule has 0 saturated carbocycles. The minimum absolute atomic E-state index is 0.155. The molecule has 20 heteroatoms. The molecule has 0 unspecified atom stereocenters. The van der Waals surface area contributed by atoms with Crippen LogP contribution < -0.4 is 40.3 Å². The number of nitrogens with two attached hydrogens (primary N) is 1. The molecule has 3 atom stereocenters. The summed E-state index contributed by atoms with van der Waals surface area (Å²) in [5, 5.41) is 7.38. The lowest BCUT2D eigenvalue weighted by Gasteiger charge is -2.39. The summed E-state index contributed by atoms with van der Waals surface area (Å²) in [5.74, 6) is 7.09. The molecule has 4 N–H and O–H groups in total. The number of methoxy groups -OCH3 is 2. The van der Waals surface area contributed by atoms with Gasteiger partial charge in [-0.1, -0.05) is 11.7 Å². The second-order valence-electron chi connectivity index (χ2n) is 14.6. The number of nitrogens with one attached hydrogen (secondary N) is 2. The minimum Gasteiger partial charge on any atom is -0.493 e. The first-order chi connectivity index (χ1) is 31.3. The number of nitrogens with zero attached hydrogens (tertiary/aromatic N) is 1. The molecule has 3 aliphatic heterocycles. The average molecular weight is 905 g/mol. The normalized spacial score (nSPS) is 17.5. The van der Waals surface area contributed by atoms with Crippen molar-refractivity contribution >= 4 is 17.5 Å². The number of oxime groups is 1. The van der Waals surface area contributed by atoms with Crippen molar-refractivity contribution < 1.29 is 76.0 Å². The Bertz CT molecular complexity index is 1800. The molecule has 0 radical (unpaired) electrons. The van der Waals surface area contributed by atoms with Gasteiger partial charge < -0.3 is 71.7 Å². The molecule has 64 heavy (non-hydrogen) atoms. The van der Waals surface area contributed by atoms with Crippen LogP contribution in [0.2, 0.25) is 0 Å². The second kappa shape index (κ2) is 28.2. The number of ether oxygens (including phenoxy) is 13. The van der Waals surface area contributed by atoms with Crippen LogP contribution in [-0.2, 0) is 58.7 Å². The largest absolute Gasteiger partial charge is 0.493 e. The number of hydrazine groups is 1. The molecule has 3 heterocycles. The highest BCUT2D eigenvalue weighted by Crippen LogP contribution is 2.50. The van der Waals surface area contributed by atoms with E-state index in [0.29, 0.717) is 147 Å². The molecule has 3 aliphatic rings. The maximum atomic E-state index is 12.7. The highest BCUT2D eigenvalue weighted by Gasteiger charge is 2.45. The van der Waals surface area contributed by atoms with Gasteiger partial charge in [0.05, 0.1) is 132 Å². The van der Waals surface area contributed by atoms with Gasteiger partial charge in [-0.3, -0.25) is 15.0 Å². The Morgan fingerprint density at radius 2 is 1.28 bits per heavy atom. The van der Waals surface area contributed by atoms with E-state index in [0.717, 1.165) is 28.0 Å². The molecule has 2 aromatic carbocycles. The maximum Gasteiger partial charge on any atom is 0.260 e. The highest BCUT2D eigenvalue weighted by molar-refractivity contribution is 6.09. The SMILES string of the molecule is C=C(C)[C@H]1Cc2c(ccc3c2O[C@@H]2COc4cc(OC)c(OC)cc4[C@@H]2C3=NOCC(=O)NCCOCCOCCOCCOCCOCCOCCOCCOCCC(=O)NN)O1. The lowest BCUT2D eigenvalue weighted by atomic mass is 9.80. The number of amides is 2. The van der Waals surface area contributed by atoms with Gasteiger partial charge in [0, 0.05) is 35.7 Å². The highest BCUT2D eigenvalue weighted by atomic mass is 16.6. The monoisotopic (exact) mass is 904 g/mol. The summed E-state index contributed by atoms with van der Waals surface area (Å²) in [6, 6.07) is 7.48. The van der Waals surface area contributed by atoms with Crippen LogP contribution in [0.1, 0.15) is 36.0 Å². The molecule has 5 rings (SSSR count). The summed E-state index contributed by atoms with van der Waals surface area (Å²) in [4.78, 5) is 29.4. The van der Waals surface area contributed by atoms with E-state index in [1.54, 1.807) is 20.3 Å². The van der Waals surface area contributed by atoms with Crippen LogP contribution in [-0.4, -0.2) is 169 Å². The van der Waals surface area contributed by atoms with Gasteiger partial charge in [0.2, 0.25) is 5.91 Å². The van der Waals surface area contributed by atoms with Crippen molar-refractivity contribution in [1.29, 1.82) is 0 Å². The van der Waals surface area contributed by atoms with E-state index in [9.17, 15) is 9.59 Å². The fraction of sp³-hybridized carbons (Fsp3) is 0.614. The van der Waals surface area contributed by atoms with E-state index in [1.165, 1.54) is 0 Å². The van der Waals surface area contributed by atoms with E-state index in [1.807, 2.05) is 30.5 Å². The lowest BCUT2D eigenvalue weighted by Crippen LogP contribution is -2.43. The number of carbonyl (C=O) groups is 2. The van der Waals surface area contributed by atoms with Crippen LogP contribution >= 0.6 is 0 Å². The summed E-state index contributed by atoms with van der Waals surface area (Å²) in [7, 11) is 3.15. The Morgan fingerprint density at radius 3 is 1.83 bits per heavy atom. The standard InChI is InChI=1S/C44H64N4O16/c1-30(2)35-26-33-34(63-35)6-5-31-43(42-32-25-37(51-3)38(52-4)27-36(32)61-28-39(42)64-44(31)33)48-62-29-41(50)46-8-10-54-12-14-56-16-18-58-20-22-60-24-23-59-21-19-57-17-15-55-13-11-53-9-7-40(49)47-45/h5-6,25,27,35,39,42H,1,7-24,26,28-29,45H2,2-4H3,(H,46,50)(H,47,49)/t35-,39-,42+/m1/s1. The van der Waals surface area contributed by atoms with Crippen LogP contribution in [0.15, 0.2) is 41.6 Å². The summed E-state index contributed by atoms with van der Waals surface area (Å²) in [6.07, 6.45) is 0.240. The third-order valence-corrected chi connectivity index (χ3v) is 10.1. The Balaban J connectivity index is 0.887. The Hall–Kier alpha value is -4.77. The van der Waals surface area contributed by atoms with Crippen LogP contribution in [0.5, 0.6) is 28.7 Å². The van der Waals surface area contributed by atoms with E-state index in [2.05, 4.69) is 17.1 Å². The zero-order valence-corrected chi connectivity index (χ0v) is 37.2. The predicted molar refractivity (Wildman–Crippen MR) is 231 cm³/mol. The van der Waals surface area contributed by atoms with Gasteiger partial charge in [0.25, 0.3) is 5.91 Å². The third kappa shape index (κ3) is 15.7. The maximum absolute atomic E-state index is 12.7. The Labute approximate surface area is 374 Å². The first kappa shape index (κ1) is 50.2. The number of carbonyl (C=O) groups excluding carboxylic acids is 2. The van der Waals surface area contributed by atoms with E-state index < -0.39 is 6.10 Å². The summed E-state index contributed by atoms with van der Waals surface area (Å²) in [6.45, 7) is 12.9. The molecule has 2 aromatic rings. The van der Waals surface area contributed by atoms with Gasteiger partial charge >= 0.3 is 0 Å². The fourth-order valence-electron chi connectivity index (χ4n) is 6.82. The predicted octanol–water partition coefficient (Wildman–Crippen LogP) is 1.87. The molecule has 0 spiro atoms. The molecule has 0 fully saturated rings. The first-order valence-electron chi connectivity index (χ1n) is 21.5. The van der Waals surface area contributed by atoms with Crippen LogP contribution in [0.3, 0.4) is 0 Å². The van der Waals surface area contributed by atoms with Gasteiger partial charge in [0.1, 0.15) is 41.8 Å². The molecule has 356 valence electrons. The van der Waals surface area contributed by atoms with Gasteiger partial charge in [0.15, 0.2) is 18.1 Å². The van der Waals surface area contributed by atoms with Crippen LogP contribution in [0, 0.1) is 0 Å². The van der Waals surface area contributed by atoms with Crippen molar-refractivity contribution in [3.63, 3.8) is 0 Å². The molecule has 0 aliphatic carbocycles. The topological polar surface area (TPSA) is 226 Å². The first-order valence-corrected chi connectivity index (χ1v) is 21.5. The van der Waals surface area contributed by atoms with Crippen molar-refractivity contribution in [2.75, 3.05) is 140 Å². The minimum atomic E-state index is -0.433. The molecule has 0 bridgehead atoms. The van der Waals surface area contributed by atoms with Crippen LogP contribution in [0.25, 0.3) is 0 Å². The number of fused-ring (bicyclic) bond motifs is 6. The molecule has 2 amide bonds. The molecule has 0 aromatic heterocycles. The van der Waals surface area contributed by atoms with Gasteiger partial charge in [-0.15, -0.1) is 0 Å². The summed E-state index contributed by atoms with van der Waals surface area (Å²) in [5.41, 5.74) is 6.04. The van der Waals surface area contributed by atoms with Gasteiger partial charge in [-0.05, 0) is 30.7 Å². The molecule has 0 saturated heterocycles. The van der Waals surface area contributed by atoms with Crippen molar-refractivity contribution in [3.8, 4) is 28.7 Å². The van der Waals surface area contributed by atoms with Crippen molar-refractivity contribution in [2.45, 2.75) is 37.9 Å². The number of rotatable bonds is 33. The zero-order chi connectivity index (χ0) is 45.4. The quantitative estimate of drug-likeness (QED) is 0.0306. The number of hydrogen-bond donors (Lipinski definition) is 3. The van der Waals surface area contributed by atoms with E-state index >= 15 is 0 Å². The average Bonchev–Trinajstić information content (AvgIpc) is 3.76. The Kier molecular flexibility index (Phi) is 22.1. The van der Waals surface area contributed by atoms with E-state index in [4.69, 9.17) is 72.3 Å². The molecule has 20 nitrogen and oxygen atoms in total. The summed E-state index contributed by atoms with van der Waals surface area (Å²) >= 11 is 0. The van der Waals surface area contributed by atoms with Crippen molar-refractivity contribution in [1.82, 2.24) is 10.7 Å². The number of benzene rings is 2. The van der Waals surface area contributed by atoms with E-state index in [-0.39, 0.29) is 43.5 Å².